The van der Waals surface area contributed by atoms with Crippen LogP contribution in [0.25, 0.3) is 0 Å². The van der Waals surface area contributed by atoms with E-state index in [0.29, 0.717) is 56.0 Å². The number of esters is 2. The molecule has 0 radical (unpaired) electrons. The molecule has 1 amide bonds. The van der Waals surface area contributed by atoms with Crippen molar-refractivity contribution in [2.24, 2.45) is 5.92 Å². The fourth-order valence-corrected chi connectivity index (χ4v) is 5.81. The highest BCUT2D eigenvalue weighted by atomic mass is 16.5. The van der Waals surface area contributed by atoms with E-state index in [1.54, 1.807) is 36.4 Å². The van der Waals surface area contributed by atoms with E-state index in [-0.39, 0.29) is 17.8 Å². The number of ether oxygens (including phenoxy) is 3. The van der Waals surface area contributed by atoms with Crippen molar-refractivity contribution in [1.82, 2.24) is 4.90 Å². The second-order valence-corrected chi connectivity index (χ2v) is 12.7. The molecule has 0 saturated carbocycles. The average molecular weight is 636 g/mol. The Bertz CT molecular complexity index is 1140. The maximum absolute atomic E-state index is 12.8. The van der Waals surface area contributed by atoms with E-state index in [2.05, 4.69) is 13.8 Å². The smallest absolute Gasteiger partial charge is 0.343 e. The molecule has 2 aromatic carbocycles. The third kappa shape index (κ3) is 14.4. The number of rotatable bonds is 22. The lowest BCUT2D eigenvalue weighted by atomic mass is 9.96. The third-order valence-electron chi connectivity index (χ3n) is 8.78. The van der Waals surface area contributed by atoms with Crippen LogP contribution in [0.1, 0.15) is 140 Å². The largest absolute Gasteiger partial charge is 0.494 e. The number of nitrogens with zero attached hydrogens (tertiary/aromatic N) is 1. The predicted octanol–water partition coefficient (Wildman–Crippen LogP) is 9.71. The van der Waals surface area contributed by atoms with E-state index in [4.69, 9.17) is 14.2 Å². The quantitative estimate of drug-likeness (QED) is 0.0728. The van der Waals surface area contributed by atoms with Gasteiger partial charge in [-0.3, -0.25) is 9.59 Å². The van der Waals surface area contributed by atoms with Crippen molar-refractivity contribution in [1.29, 1.82) is 0 Å². The van der Waals surface area contributed by atoms with Crippen molar-refractivity contribution in [3.05, 3.63) is 54.1 Å². The molecule has 46 heavy (non-hydrogen) atoms. The molecule has 7 heteroatoms. The number of carbonyl (C=O) groups is 3. The van der Waals surface area contributed by atoms with E-state index in [0.717, 1.165) is 25.0 Å². The summed E-state index contributed by atoms with van der Waals surface area (Å²) in [5.74, 6) is 0.762. The Kier molecular flexibility index (Phi) is 17.9. The minimum absolute atomic E-state index is 0.196. The summed E-state index contributed by atoms with van der Waals surface area (Å²) in [6, 6.07) is 13.5. The van der Waals surface area contributed by atoms with Gasteiger partial charge >= 0.3 is 11.9 Å². The van der Waals surface area contributed by atoms with Crippen LogP contribution in [0.4, 0.5) is 0 Å². The predicted molar refractivity (Wildman–Crippen MR) is 183 cm³/mol. The van der Waals surface area contributed by atoms with Gasteiger partial charge in [-0.25, -0.2) is 4.79 Å². The van der Waals surface area contributed by atoms with Crippen molar-refractivity contribution in [3.63, 3.8) is 0 Å². The van der Waals surface area contributed by atoms with E-state index in [9.17, 15) is 14.4 Å². The minimum atomic E-state index is -0.487. The highest BCUT2D eigenvalue weighted by molar-refractivity contribution is 5.91. The normalized spacial score (nSPS) is 13.4. The summed E-state index contributed by atoms with van der Waals surface area (Å²) in [6.45, 7) is 6.32. The molecule has 0 aliphatic carbocycles. The fraction of sp³-hybridized carbons (Fsp3) is 0.615. The van der Waals surface area contributed by atoms with Crippen LogP contribution >= 0.6 is 0 Å². The van der Waals surface area contributed by atoms with Gasteiger partial charge in [0.05, 0.1) is 18.1 Å². The number of hydrogen-bond acceptors (Lipinski definition) is 6. The zero-order valence-electron chi connectivity index (χ0n) is 28.4. The van der Waals surface area contributed by atoms with Gasteiger partial charge in [-0.1, -0.05) is 97.3 Å². The van der Waals surface area contributed by atoms with E-state index in [1.807, 2.05) is 17.0 Å². The van der Waals surface area contributed by atoms with Crippen LogP contribution in [0.3, 0.4) is 0 Å². The second-order valence-electron chi connectivity index (χ2n) is 12.7. The molecule has 7 nitrogen and oxygen atoms in total. The lowest BCUT2D eigenvalue weighted by molar-refractivity contribution is -0.143. The summed E-state index contributed by atoms with van der Waals surface area (Å²) < 4.78 is 16.9. The highest BCUT2D eigenvalue weighted by Crippen LogP contribution is 2.23. The SMILES string of the molecule is CCCCCCCCCCOc1ccc(OC(=O)c2ccc(OC(=O)C3CCN(C(=O)CCCCCCCCC)CC3)cc2)cc1. The van der Waals surface area contributed by atoms with Crippen LogP contribution in [0, 0.1) is 5.92 Å². The van der Waals surface area contributed by atoms with E-state index < -0.39 is 5.97 Å². The minimum Gasteiger partial charge on any atom is -0.494 e. The molecule has 0 aromatic heterocycles. The van der Waals surface area contributed by atoms with Gasteiger partial charge < -0.3 is 19.1 Å². The fourth-order valence-electron chi connectivity index (χ4n) is 5.81. The van der Waals surface area contributed by atoms with Crippen LogP contribution < -0.4 is 14.2 Å². The zero-order valence-corrected chi connectivity index (χ0v) is 28.4. The molecule has 0 bridgehead atoms. The molecule has 0 unspecified atom stereocenters. The van der Waals surface area contributed by atoms with Gasteiger partial charge in [0.2, 0.25) is 5.91 Å². The Morgan fingerprint density at radius 1 is 0.609 bits per heavy atom. The number of benzene rings is 2. The van der Waals surface area contributed by atoms with Crippen LogP contribution in [-0.4, -0.2) is 42.4 Å². The van der Waals surface area contributed by atoms with Gasteiger partial charge in [0.25, 0.3) is 0 Å². The first-order valence-corrected chi connectivity index (χ1v) is 18.0. The van der Waals surface area contributed by atoms with Gasteiger partial charge in [0, 0.05) is 19.5 Å². The monoisotopic (exact) mass is 635 g/mol. The highest BCUT2D eigenvalue weighted by Gasteiger charge is 2.28. The lowest BCUT2D eigenvalue weighted by Crippen LogP contribution is -2.41. The molecule has 2 aromatic rings. The summed E-state index contributed by atoms with van der Waals surface area (Å²) >= 11 is 0. The van der Waals surface area contributed by atoms with Gasteiger partial charge in [-0.05, 0) is 74.2 Å². The Morgan fingerprint density at radius 3 is 1.67 bits per heavy atom. The number of likely N-dealkylation sites (tertiary alicyclic amines) is 1. The first kappa shape index (κ1) is 37.1. The topological polar surface area (TPSA) is 82.1 Å². The van der Waals surface area contributed by atoms with Crippen LogP contribution in [0.2, 0.25) is 0 Å². The molecule has 1 saturated heterocycles. The van der Waals surface area contributed by atoms with Crippen molar-refractivity contribution in [2.75, 3.05) is 19.7 Å². The number of unbranched alkanes of at least 4 members (excludes halogenated alkanes) is 13. The second kappa shape index (κ2) is 22.2. The Hall–Kier alpha value is -3.35. The third-order valence-corrected chi connectivity index (χ3v) is 8.78. The van der Waals surface area contributed by atoms with Crippen molar-refractivity contribution >= 4 is 17.8 Å². The van der Waals surface area contributed by atoms with Crippen LogP contribution in [0.15, 0.2) is 48.5 Å². The zero-order chi connectivity index (χ0) is 32.8. The van der Waals surface area contributed by atoms with Crippen LogP contribution in [-0.2, 0) is 9.59 Å². The Labute approximate surface area is 277 Å². The number of amides is 1. The number of hydrogen-bond donors (Lipinski definition) is 0. The van der Waals surface area contributed by atoms with Crippen molar-refractivity contribution in [2.45, 2.75) is 129 Å². The Morgan fingerprint density at radius 2 is 1.09 bits per heavy atom. The summed E-state index contributed by atoms with van der Waals surface area (Å²) in [6.07, 6.45) is 20.2. The molecule has 254 valence electrons. The summed E-state index contributed by atoms with van der Waals surface area (Å²) in [5.41, 5.74) is 0.364. The molecule has 0 spiro atoms. The van der Waals surface area contributed by atoms with Gasteiger partial charge in [0.15, 0.2) is 0 Å². The standard InChI is InChI=1S/C39H57NO6/c1-3-5-7-9-11-13-15-17-31-44-34-23-25-36(26-24-34)46-38(42)32-19-21-35(22-20-32)45-39(43)33-27-29-40(30-28-33)37(41)18-16-14-12-10-8-6-4-2/h19-26,33H,3-18,27-31H2,1-2H3. The summed E-state index contributed by atoms with van der Waals surface area (Å²) in [5, 5.41) is 0. The van der Waals surface area contributed by atoms with Crippen molar-refractivity contribution < 1.29 is 28.6 Å². The van der Waals surface area contributed by atoms with Gasteiger partial charge in [-0.15, -0.1) is 0 Å². The molecule has 3 rings (SSSR count). The molecular formula is C39H57NO6. The molecule has 1 aliphatic rings. The van der Waals surface area contributed by atoms with Crippen molar-refractivity contribution in [3.8, 4) is 17.2 Å². The number of carbonyl (C=O) groups excluding carboxylic acids is 3. The lowest BCUT2D eigenvalue weighted by Gasteiger charge is -2.31. The Balaban J connectivity index is 1.30. The molecule has 1 heterocycles. The maximum atomic E-state index is 12.8. The molecule has 0 N–H and O–H groups in total. The molecule has 0 atom stereocenters. The molecule has 1 fully saturated rings. The average Bonchev–Trinajstić information content (AvgIpc) is 3.08. The van der Waals surface area contributed by atoms with Gasteiger partial charge in [-0.2, -0.15) is 0 Å². The molecular weight excluding hydrogens is 578 g/mol. The molecule has 1 aliphatic heterocycles. The van der Waals surface area contributed by atoms with E-state index in [1.165, 1.54) is 77.0 Å². The number of piperidine rings is 1. The maximum Gasteiger partial charge on any atom is 0.343 e. The first-order chi connectivity index (χ1) is 22.5. The summed E-state index contributed by atoms with van der Waals surface area (Å²) in [4.78, 5) is 39.9. The van der Waals surface area contributed by atoms with Gasteiger partial charge in [0.1, 0.15) is 17.2 Å². The van der Waals surface area contributed by atoms with Crippen LogP contribution in [0.5, 0.6) is 17.2 Å². The first-order valence-electron chi connectivity index (χ1n) is 18.0. The summed E-state index contributed by atoms with van der Waals surface area (Å²) in [7, 11) is 0. The van der Waals surface area contributed by atoms with E-state index >= 15 is 0 Å².